The van der Waals surface area contributed by atoms with Crippen molar-refractivity contribution in [3.05, 3.63) is 34.3 Å². The van der Waals surface area contributed by atoms with E-state index in [1.807, 2.05) is 24.3 Å². The van der Waals surface area contributed by atoms with Crippen LogP contribution in [-0.4, -0.2) is 29.6 Å². The summed E-state index contributed by atoms with van der Waals surface area (Å²) in [5.74, 6) is 0.714. The average molecular weight is 328 g/mol. The topological polar surface area (TPSA) is 23.5 Å². The van der Waals surface area contributed by atoms with Gasteiger partial charge in [-0.3, -0.25) is 0 Å². The summed E-state index contributed by atoms with van der Waals surface area (Å²) in [5, 5.41) is 10.3. The number of rotatable bonds is 7. The molecule has 0 heterocycles. The molecule has 0 radical (unpaired) electrons. The highest BCUT2D eigenvalue weighted by Crippen LogP contribution is 2.25. The van der Waals surface area contributed by atoms with E-state index in [-0.39, 0.29) is 0 Å². The van der Waals surface area contributed by atoms with Crippen LogP contribution in [0.15, 0.2) is 28.7 Å². The highest BCUT2D eigenvalue weighted by Gasteiger charge is 2.15. The van der Waals surface area contributed by atoms with Crippen LogP contribution in [0.4, 0.5) is 0 Å². The van der Waals surface area contributed by atoms with E-state index in [4.69, 9.17) is 0 Å². The van der Waals surface area contributed by atoms with Gasteiger partial charge in [-0.05, 0) is 44.4 Å². The van der Waals surface area contributed by atoms with Crippen molar-refractivity contribution in [3.8, 4) is 0 Å². The Hall–Kier alpha value is -0.380. The van der Waals surface area contributed by atoms with E-state index < -0.39 is 6.10 Å². The van der Waals surface area contributed by atoms with Crippen LogP contribution in [-0.2, 0) is 0 Å². The third-order valence-corrected chi connectivity index (χ3v) is 4.31. The lowest BCUT2D eigenvalue weighted by atomic mass is 10.0. The molecule has 0 amide bonds. The van der Waals surface area contributed by atoms with E-state index in [1.54, 1.807) is 0 Å². The zero-order chi connectivity index (χ0) is 14.4. The highest BCUT2D eigenvalue weighted by atomic mass is 79.9. The molecule has 0 bridgehead atoms. The minimum Gasteiger partial charge on any atom is -0.388 e. The second-order valence-electron chi connectivity index (χ2n) is 5.79. The molecule has 3 heteroatoms. The Morgan fingerprint density at radius 1 is 1.21 bits per heavy atom. The van der Waals surface area contributed by atoms with Crippen molar-refractivity contribution in [1.82, 2.24) is 4.90 Å². The van der Waals surface area contributed by atoms with Gasteiger partial charge in [0.15, 0.2) is 0 Å². The standard InChI is InChI=1S/C16H26BrNO/c1-12(2)11-13(3)18(4)10-9-16(19)14-7-5-6-8-15(14)17/h5-8,12-13,16,19H,9-11H2,1-4H3. The fourth-order valence-electron chi connectivity index (χ4n) is 2.31. The summed E-state index contributed by atoms with van der Waals surface area (Å²) in [6, 6.07) is 8.45. The molecule has 0 aliphatic heterocycles. The van der Waals surface area contributed by atoms with Crippen LogP contribution in [0.2, 0.25) is 0 Å². The van der Waals surface area contributed by atoms with E-state index in [9.17, 15) is 5.11 Å². The molecular formula is C16H26BrNO. The summed E-state index contributed by atoms with van der Waals surface area (Å²) < 4.78 is 0.986. The van der Waals surface area contributed by atoms with Crippen molar-refractivity contribution in [1.29, 1.82) is 0 Å². The summed E-state index contributed by atoms with van der Waals surface area (Å²) >= 11 is 3.49. The van der Waals surface area contributed by atoms with Crippen molar-refractivity contribution >= 4 is 15.9 Å². The monoisotopic (exact) mass is 327 g/mol. The minimum absolute atomic E-state index is 0.399. The van der Waals surface area contributed by atoms with Crippen molar-refractivity contribution in [2.75, 3.05) is 13.6 Å². The van der Waals surface area contributed by atoms with Crippen LogP contribution in [0.5, 0.6) is 0 Å². The molecule has 108 valence electrons. The van der Waals surface area contributed by atoms with E-state index in [0.29, 0.717) is 12.0 Å². The molecular weight excluding hydrogens is 302 g/mol. The summed E-state index contributed by atoms with van der Waals surface area (Å²) in [6.07, 6.45) is 1.56. The lowest BCUT2D eigenvalue weighted by Gasteiger charge is -2.27. The molecule has 0 fully saturated rings. The molecule has 1 rings (SSSR count). The molecule has 1 aromatic carbocycles. The molecule has 1 N–H and O–H groups in total. The van der Waals surface area contributed by atoms with Crippen LogP contribution in [0, 0.1) is 5.92 Å². The number of benzene rings is 1. The zero-order valence-corrected chi connectivity index (χ0v) is 14.0. The van der Waals surface area contributed by atoms with Gasteiger partial charge in [0, 0.05) is 17.1 Å². The molecule has 0 saturated heterocycles. The maximum absolute atomic E-state index is 10.3. The second kappa shape index (κ2) is 8.03. The van der Waals surface area contributed by atoms with Crippen LogP contribution < -0.4 is 0 Å². The third kappa shape index (κ3) is 5.64. The van der Waals surface area contributed by atoms with Gasteiger partial charge in [-0.1, -0.05) is 48.0 Å². The predicted octanol–water partition coefficient (Wildman–Crippen LogP) is 4.24. The summed E-state index contributed by atoms with van der Waals surface area (Å²) in [6.45, 7) is 7.67. The fraction of sp³-hybridized carbons (Fsp3) is 0.625. The van der Waals surface area contributed by atoms with Gasteiger partial charge in [0.05, 0.1) is 6.10 Å². The molecule has 0 spiro atoms. The maximum Gasteiger partial charge on any atom is 0.0813 e. The Morgan fingerprint density at radius 3 is 2.42 bits per heavy atom. The highest BCUT2D eigenvalue weighted by molar-refractivity contribution is 9.10. The number of halogens is 1. The fourth-order valence-corrected chi connectivity index (χ4v) is 2.86. The van der Waals surface area contributed by atoms with Gasteiger partial charge < -0.3 is 10.0 Å². The first-order valence-corrected chi connectivity index (χ1v) is 7.83. The van der Waals surface area contributed by atoms with Crippen LogP contribution in [0.3, 0.4) is 0 Å². The lowest BCUT2D eigenvalue weighted by Crippen LogP contribution is -2.31. The van der Waals surface area contributed by atoms with E-state index in [1.165, 1.54) is 6.42 Å². The summed E-state index contributed by atoms with van der Waals surface area (Å²) in [5.41, 5.74) is 0.979. The van der Waals surface area contributed by atoms with Gasteiger partial charge >= 0.3 is 0 Å². The van der Waals surface area contributed by atoms with Gasteiger partial charge in [0.2, 0.25) is 0 Å². The van der Waals surface area contributed by atoms with E-state index in [0.717, 1.165) is 23.0 Å². The Labute approximate surface area is 126 Å². The summed E-state index contributed by atoms with van der Waals surface area (Å²) in [7, 11) is 2.14. The largest absolute Gasteiger partial charge is 0.388 e. The third-order valence-electron chi connectivity index (χ3n) is 3.58. The molecule has 0 aliphatic rings. The Bertz CT molecular complexity index is 381. The number of hydrogen-bond donors (Lipinski definition) is 1. The van der Waals surface area contributed by atoms with Gasteiger partial charge in [-0.15, -0.1) is 0 Å². The van der Waals surface area contributed by atoms with Crippen LogP contribution in [0.25, 0.3) is 0 Å². The first-order chi connectivity index (χ1) is 8.91. The SMILES string of the molecule is CC(C)CC(C)N(C)CCC(O)c1ccccc1Br. The van der Waals surface area contributed by atoms with Crippen molar-refractivity contribution in [2.45, 2.75) is 45.8 Å². The zero-order valence-electron chi connectivity index (χ0n) is 12.4. The molecule has 0 saturated carbocycles. The van der Waals surface area contributed by atoms with E-state index in [2.05, 4.69) is 48.6 Å². The minimum atomic E-state index is -0.399. The Kier molecular flexibility index (Phi) is 7.05. The maximum atomic E-state index is 10.3. The lowest BCUT2D eigenvalue weighted by molar-refractivity contribution is 0.134. The van der Waals surface area contributed by atoms with Gasteiger partial charge in [0.25, 0.3) is 0 Å². The number of aliphatic hydroxyl groups excluding tert-OH is 1. The molecule has 2 unspecified atom stereocenters. The molecule has 1 aromatic rings. The average Bonchev–Trinajstić information content (AvgIpc) is 2.35. The van der Waals surface area contributed by atoms with E-state index >= 15 is 0 Å². The molecule has 2 nitrogen and oxygen atoms in total. The number of aliphatic hydroxyl groups is 1. The normalized spacial score (nSPS) is 14.9. The predicted molar refractivity (Wildman–Crippen MR) is 85.3 cm³/mol. The van der Waals surface area contributed by atoms with Crippen molar-refractivity contribution < 1.29 is 5.11 Å². The first-order valence-electron chi connectivity index (χ1n) is 7.04. The smallest absolute Gasteiger partial charge is 0.0813 e. The number of nitrogens with zero attached hydrogens (tertiary/aromatic N) is 1. The van der Waals surface area contributed by atoms with Crippen molar-refractivity contribution in [3.63, 3.8) is 0 Å². The van der Waals surface area contributed by atoms with Gasteiger partial charge in [0.1, 0.15) is 0 Å². The van der Waals surface area contributed by atoms with Gasteiger partial charge in [-0.25, -0.2) is 0 Å². The first kappa shape index (κ1) is 16.7. The molecule has 0 aliphatic carbocycles. The quantitative estimate of drug-likeness (QED) is 0.809. The second-order valence-corrected chi connectivity index (χ2v) is 6.64. The number of hydrogen-bond acceptors (Lipinski definition) is 2. The van der Waals surface area contributed by atoms with Crippen molar-refractivity contribution in [2.24, 2.45) is 5.92 Å². The molecule has 2 atom stereocenters. The molecule has 0 aromatic heterocycles. The Balaban J connectivity index is 2.46. The van der Waals surface area contributed by atoms with Crippen LogP contribution in [0.1, 0.15) is 45.3 Å². The molecule has 19 heavy (non-hydrogen) atoms. The summed E-state index contributed by atoms with van der Waals surface area (Å²) in [4.78, 5) is 2.33. The van der Waals surface area contributed by atoms with Crippen LogP contribution >= 0.6 is 15.9 Å². The van der Waals surface area contributed by atoms with Gasteiger partial charge in [-0.2, -0.15) is 0 Å². The Morgan fingerprint density at radius 2 is 1.84 bits per heavy atom.